The van der Waals surface area contributed by atoms with E-state index in [4.69, 9.17) is 10.6 Å². The third-order valence-corrected chi connectivity index (χ3v) is 3.86. The molecule has 6 heteroatoms. The van der Waals surface area contributed by atoms with Crippen LogP contribution in [0.3, 0.4) is 0 Å². The van der Waals surface area contributed by atoms with Gasteiger partial charge in [0.1, 0.15) is 6.61 Å². The summed E-state index contributed by atoms with van der Waals surface area (Å²) in [5.74, 6) is 0.812. The molecule has 2 N–H and O–H groups in total. The minimum Gasteiger partial charge on any atom is -0.394 e. The number of hydrogen-bond donors (Lipinski definition) is 1. The number of carbonyl (C=O) groups is 1. The third-order valence-electron chi connectivity index (χ3n) is 3.00. The second kappa shape index (κ2) is 8.63. The first kappa shape index (κ1) is 15.6. The molecule has 1 saturated heterocycles. The number of nitrogens with zero attached hydrogens (tertiary/aromatic N) is 2. The van der Waals surface area contributed by atoms with E-state index in [9.17, 15) is 4.79 Å². The van der Waals surface area contributed by atoms with E-state index < -0.39 is 0 Å². The molecule has 106 valence electrons. The zero-order valence-electron chi connectivity index (χ0n) is 11.2. The fraction of sp³-hybridized carbons (Fsp3) is 0.538. The fourth-order valence-electron chi connectivity index (χ4n) is 1.85. The van der Waals surface area contributed by atoms with Crippen LogP contribution in [0.25, 0.3) is 0 Å². The molecule has 5 nitrogen and oxygen atoms in total. The smallest absolute Gasteiger partial charge is 0.209 e. The molecule has 0 aromatic rings. The summed E-state index contributed by atoms with van der Waals surface area (Å²) in [5.41, 5.74) is 5.81. The van der Waals surface area contributed by atoms with Crippen LogP contribution in [-0.4, -0.2) is 36.8 Å². The highest BCUT2D eigenvalue weighted by molar-refractivity contribution is 8.06. The molecule has 1 aliphatic rings. The summed E-state index contributed by atoms with van der Waals surface area (Å²) in [7, 11) is 0. The van der Waals surface area contributed by atoms with Crippen molar-refractivity contribution in [3.05, 3.63) is 23.0 Å². The van der Waals surface area contributed by atoms with Crippen molar-refractivity contribution in [2.75, 3.05) is 19.7 Å². The van der Waals surface area contributed by atoms with Gasteiger partial charge in [0.2, 0.25) is 6.41 Å². The number of rotatable bonds is 7. The van der Waals surface area contributed by atoms with Crippen LogP contribution in [0.15, 0.2) is 28.1 Å². The highest BCUT2D eigenvalue weighted by atomic mass is 32.2. The van der Waals surface area contributed by atoms with Crippen molar-refractivity contribution in [1.29, 1.82) is 0 Å². The van der Waals surface area contributed by atoms with E-state index in [1.54, 1.807) is 10.3 Å². The zero-order valence-corrected chi connectivity index (χ0v) is 12.1. The number of hydrogen-bond acceptors (Lipinski definition) is 4. The summed E-state index contributed by atoms with van der Waals surface area (Å²) in [5, 5.41) is 5.62. The van der Waals surface area contributed by atoms with Gasteiger partial charge in [-0.2, -0.15) is 0 Å². The van der Waals surface area contributed by atoms with Gasteiger partial charge in [-0.25, -0.2) is 0 Å². The number of likely N-dealkylation sites (tertiary alicyclic amines) is 1. The van der Waals surface area contributed by atoms with Crippen molar-refractivity contribution >= 4 is 24.0 Å². The van der Waals surface area contributed by atoms with Gasteiger partial charge in [0.25, 0.3) is 0 Å². The van der Waals surface area contributed by atoms with Crippen molar-refractivity contribution in [3.63, 3.8) is 0 Å². The average Bonchev–Trinajstić information content (AvgIpc) is 2.45. The van der Waals surface area contributed by atoms with E-state index in [1.165, 1.54) is 11.8 Å². The number of oxime groups is 1. The Labute approximate surface area is 118 Å². The largest absolute Gasteiger partial charge is 0.394 e. The standard InChI is InChI=1S/C13H21N3O2S/c1-3-12(19-4-2)13(14)15-18-9-11-5-7-16(10-17)8-6-11/h3-4,10-11H,2,5-9H2,1H3,(H2,14,15)/b12-3-. The number of amidine groups is 1. The van der Waals surface area contributed by atoms with Crippen LogP contribution in [0.2, 0.25) is 0 Å². The molecule has 0 unspecified atom stereocenters. The van der Waals surface area contributed by atoms with Gasteiger partial charge in [-0.3, -0.25) is 4.79 Å². The first-order valence-corrected chi connectivity index (χ1v) is 7.18. The average molecular weight is 283 g/mol. The second-order valence-electron chi connectivity index (χ2n) is 4.29. The van der Waals surface area contributed by atoms with Crippen molar-refractivity contribution in [2.24, 2.45) is 16.8 Å². The number of nitrogens with two attached hydrogens (primary N) is 1. The molecule has 1 heterocycles. The molecule has 0 aliphatic carbocycles. The molecule has 0 bridgehead atoms. The topological polar surface area (TPSA) is 67.9 Å². The van der Waals surface area contributed by atoms with E-state index in [-0.39, 0.29) is 0 Å². The van der Waals surface area contributed by atoms with Crippen LogP contribution in [0, 0.1) is 5.92 Å². The summed E-state index contributed by atoms with van der Waals surface area (Å²) in [4.78, 5) is 18.5. The highest BCUT2D eigenvalue weighted by Crippen LogP contribution is 2.18. The number of allylic oxidation sites excluding steroid dienone is 1. The Morgan fingerprint density at radius 2 is 2.26 bits per heavy atom. The monoisotopic (exact) mass is 283 g/mol. The maximum atomic E-state index is 10.6. The SMILES string of the molecule is C=CSC(=C\C)/C(N)=N/OCC1CCN(C=O)CC1. The summed E-state index contributed by atoms with van der Waals surface area (Å²) in [6.07, 6.45) is 4.67. The quantitative estimate of drug-likeness (QED) is 0.335. The van der Waals surface area contributed by atoms with Gasteiger partial charge in [-0.15, -0.1) is 0 Å². The van der Waals surface area contributed by atoms with Gasteiger partial charge >= 0.3 is 0 Å². The van der Waals surface area contributed by atoms with E-state index in [1.807, 2.05) is 13.0 Å². The van der Waals surface area contributed by atoms with Gasteiger partial charge < -0.3 is 15.5 Å². The van der Waals surface area contributed by atoms with Crippen LogP contribution in [0.4, 0.5) is 0 Å². The maximum absolute atomic E-state index is 10.6. The Bertz CT molecular complexity index is 361. The van der Waals surface area contributed by atoms with Gasteiger partial charge in [0.05, 0.1) is 4.91 Å². The zero-order chi connectivity index (χ0) is 14.1. The number of amides is 1. The molecule has 19 heavy (non-hydrogen) atoms. The summed E-state index contributed by atoms with van der Waals surface area (Å²) < 4.78 is 0. The molecule has 0 radical (unpaired) electrons. The molecule has 0 atom stereocenters. The Kier molecular flexibility index (Phi) is 7.10. The molecule has 1 fully saturated rings. The van der Waals surface area contributed by atoms with E-state index in [0.29, 0.717) is 18.4 Å². The normalized spacial score (nSPS) is 18.3. The van der Waals surface area contributed by atoms with Crippen LogP contribution in [0.1, 0.15) is 19.8 Å². The predicted octanol–water partition coefficient (Wildman–Crippen LogP) is 1.92. The molecule has 1 amide bonds. The number of thioether (sulfide) groups is 1. The molecular formula is C13H21N3O2S. The molecule has 0 aromatic carbocycles. The molecule has 0 saturated carbocycles. The van der Waals surface area contributed by atoms with Crippen LogP contribution in [0.5, 0.6) is 0 Å². The van der Waals surface area contributed by atoms with Gasteiger partial charge in [0, 0.05) is 13.1 Å². The summed E-state index contributed by atoms with van der Waals surface area (Å²) in [6, 6.07) is 0. The molecule has 1 rings (SSSR count). The van der Waals surface area contributed by atoms with E-state index in [0.717, 1.165) is 37.2 Å². The summed E-state index contributed by atoms with van der Waals surface area (Å²) in [6.45, 7) is 7.66. The maximum Gasteiger partial charge on any atom is 0.209 e. The minimum atomic E-state index is 0.373. The molecular weight excluding hydrogens is 262 g/mol. The molecule has 0 aromatic heterocycles. The minimum absolute atomic E-state index is 0.373. The number of piperidine rings is 1. The lowest BCUT2D eigenvalue weighted by atomic mass is 9.98. The lowest BCUT2D eigenvalue weighted by molar-refractivity contribution is -0.119. The van der Waals surface area contributed by atoms with Crippen LogP contribution < -0.4 is 5.73 Å². The van der Waals surface area contributed by atoms with Gasteiger partial charge in [-0.05, 0) is 31.1 Å². The summed E-state index contributed by atoms with van der Waals surface area (Å²) >= 11 is 1.42. The second-order valence-corrected chi connectivity index (χ2v) is 5.30. The first-order chi connectivity index (χ1) is 9.21. The lowest BCUT2D eigenvalue weighted by Crippen LogP contribution is -2.33. The van der Waals surface area contributed by atoms with Crippen molar-refractivity contribution < 1.29 is 9.63 Å². The van der Waals surface area contributed by atoms with Crippen molar-refractivity contribution in [1.82, 2.24) is 4.90 Å². The predicted molar refractivity (Wildman–Crippen MR) is 79.5 cm³/mol. The number of carbonyl (C=O) groups excluding carboxylic acids is 1. The van der Waals surface area contributed by atoms with Crippen LogP contribution >= 0.6 is 11.8 Å². The molecule has 0 spiro atoms. The molecule has 1 aliphatic heterocycles. The van der Waals surface area contributed by atoms with E-state index in [2.05, 4.69) is 11.7 Å². The van der Waals surface area contributed by atoms with E-state index >= 15 is 0 Å². The fourth-order valence-corrected chi connectivity index (χ4v) is 2.32. The first-order valence-electron chi connectivity index (χ1n) is 6.30. The Morgan fingerprint density at radius 3 is 2.79 bits per heavy atom. The lowest BCUT2D eigenvalue weighted by Gasteiger charge is -2.28. The highest BCUT2D eigenvalue weighted by Gasteiger charge is 2.18. The Balaban J connectivity index is 2.33. The Morgan fingerprint density at radius 1 is 1.58 bits per heavy atom. The van der Waals surface area contributed by atoms with Gasteiger partial charge in [-0.1, -0.05) is 29.6 Å². The van der Waals surface area contributed by atoms with Crippen LogP contribution in [-0.2, 0) is 9.63 Å². The third kappa shape index (κ3) is 5.38. The Hall–Kier alpha value is -1.43. The van der Waals surface area contributed by atoms with Crippen molar-refractivity contribution in [2.45, 2.75) is 19.8 Å². The van der Waals surface area contributed by atoms with Gasteiger partial charge in [0.15, 0.2) is 5.84 Å². The van der Waals surface area contributed by atoms with Crippen molar-refractivity contribution in [3.8, 4) is 0 Å².